The highest BCUT2D eigenvalue weighted by atomic mass is 35.5. The number of ketones is 1. The number of hydrogen-bond acceptors (Lipinski definition) is 2. The number of rotatable bonds is 0. The Morgan fingerprint density at radius 3 is 2.85 bits per heavy atom. The van der Waals surface area contributed by atoms with E-state index in [1.807, 2.05) is 0 Å². The summed E-state index contributed by atoms with van der Waals surface area (Å²) in [6.07, 6.45) is -0.114. The lowest BCUT2D eigenvalue weighted by Gasteiger charge is -2.16. The lowest BCUT2D eigenvalue weighted by molar-refractivity contribution is -0.115. The molecule has 0 saturated heterocycles. The number of anilines is 1. The molecule has 0 unspecified atom stereocenters. The standard InChI is InChI=1S/C9H6ClNO2/c10-5-2-1-3-6-9(5)7(12)4-8(13)11-6/h1-3H,4H2,(H,11,13). The molecule has 1 heterocycles. The third-order valence-corrected chi connectivity index (χ3v) is 2.20. The van der Waals surface area contributed by atoms with Gasteiger partial charge in [-0.15, -0.1) is 0 Å². The zero-order valence-electron chi connectivity index (χ0n) is 6.63. The van der Waals surface area contributed by atoms with Gasteiger partial charge in [-0.2, -0.15) is 0 Å². The van der Waals surface area contributed by atoms with Crippen LogP contribution in [-0.2, 0) is 4.79 Å². The van der Waals surface area contributed by atoms with E-state index in [0.29, 0.717) is 16.3 Å². The molecule has 0 atom stereocenters. The topological polar surface area (TPSA) is 46.2 Å². The number of Topliss-reactive ketones (excluding diaryl/α,β-unsaturated/α-hetero) is 1. The number of carbonyl (C=O) groups is 2. The number of carbonyl (C=O) groups excluding carboxylic acids is 2. The molecule has 2 rings (SSSR count). The monoisotopic (exact) mass is 195 g/mol. The van der Waals surface area contributed by atoms with Crippen molar-refractivity contribution in [3.63, 3.8) is 0 Å². The summed E-state index contributed by atoms with van der Waals surface area (Å²) in [4.78, 5) is 22.3. The summed E-state index contributed by atoms with van der Waals surface area (Å²) >= 11 is 5.81. The van der Waals surface area contributed by atoms with E-state index in [9.17, 15) is 9.59 Å². The predicted molar refractivity (Wildman–Crippen MR) is 49.0 cm³/mol. The molecule has 1 aromatic rings. The van der Waals surface area contributed by atoms with E-state index >= 15 is 0 Å². The minimum absolute atomic E-state index is 0.114. The lowest BCUT2D eigenvalue weighted by Crippen LogP contribution is -2.24. The first-order valence-electron chi connectivity index (χ1n) is 3.80. The normalized spacial score (nSPS) is 15.2. The Bertz CT molecular complexity index is 401. The van der Waals surface area contributed by atoms with Gasteiger partial charge in [-0.25, -0.2) is 0 Å². The van der Waals surface area contributed by atoms with Crippen molar-refractivity contribution in [1.82, 2.24) is 0 Å². The van der Waals surface area contributed by atoms with Crippen LogP contribution in [0.1, 0.15) is 16.8 Å². The molecule has 13 heavy (non-hydrogen) atoms. The summed E-state index contributed by atoms with van der Waals surface area (Å²) in [5, 5.41) is 2.98. The molecule has 0 fully saturated rings. The van der Waals surface area contributed by atoms with Crippen LogP contribution < -0.4 is 5.32 Å². The summed E-state index contributed by atoms with van der Waals surface area (Å²) in [6.45, 7) is 0. The Morgan fingerprint density at radius 1 is 1.31 bits per heavy atom. The smallest absolute Gasteiger partial charge is 0.232 e. The number of fused-ring (bicyclic) bond motifs is 1. The minimum atomic E-state index is -0.278. The van der Waals surface area contributed by atoms with Gasteiger partial charge in [-0.05, 0) is 12.1 Å². The highest BCUT2D eigenvalue weighted by Crippen LogP contribution is 2.28. The Balaban J connectivity index is 2.61. The molecular weight excluding hydrogens is 190 g/mol. The molecule has 0 radical (unpaired) electrons. The summed E-state index contributed by atoms with van der Waals surface area (Å²) in [7, 11) is 0. The number of hydrogen-bond donors (Lipinski definition) is 1. The SMILES string of the molecule is O=C1CC(=O)c2c(Cl)cccc2N1. The van der Waals surface area contributed by atoms with Gasteiger partial charge in [-0.1, -0.05) is 17.7 Å². The maximum Gasteiger partial charge on any atom is 0.232 e. The van der Waals surface area contributed by atoms with E-state index in [4.69, 9.17) is 11.6 Å². The Hall–Kier alpha value is -1.35. The van der Waals surface area contributed by atoms with Crippen molar-refractivity contribution in [2.24, 2.45) is 0 Å². The van der Waals surface area contributed by atoms with E-state index in [-0.39, 0.29) is 18.1 Å². The molecule has 1 aromatic carbocycles. The van der Waals surface area contributed by atoms with Crippen molar-refractivity contribution in [2.45, 2.75) is 6.42 Å². The number of benzene rings is 1. The zero-order chi connectivity index (χ0) is 9.42. The fourth-order valence-electron chi connectivity index (χ4n) is 1.34. The first kappa shape index (κ1) is 8.26. The van der Waals surface area contributed by atoms with Gasteiger partial charge < -0.3 is 5.32 Å². The van der Waals surface area contributed by atoms with Crippen LogP contribution in [0, 0.1) is 0 Å². The fourth-order valence-corrected chi connectivity index (χ4v) is 1.62. The van der Waals surface area contributed by atoms with Gasteiger partial charge in [0.1, 0.15) is 0 Å². The third kappa shape index (κ3) is 1.31. The van der Waals surface area contributed by atoms with Crippen molar-refractivity contribution >= 4 is 29.0 Å². The average molecular weight is 196 g/mol. The van der Waals surface area contributed by atoms with Crippen LogP contribution in [0.5, 0.6) is 0 Å². The Morgan fingerprint density at radius 2 is 2.08 bits per heavy atom. The maximum atomic E-state index is 11.4. The largest absolute Gasteiger partial charge is 0.325 e. The number of nitrogens with one attached hydrogen (secondary N) is 1. The van der Waals surface area contributed by atoms with Crippen LogP contribution in [0.4, 0.5) is 5.69 Å². The van der Waals surface area contributed by atoms with E-state index in [2.05, 4.69) is 5.32 Å². The van der Waals surface area contributed by atoms with Gasteiger partial charge in [0, 0.05) is 0 Å². The van der Waals surface area contributed by atoms with Crippen LogP contribution >= 0.6 is 11.6 Å². The van der Waals surface area contributed by atoms with E-state index < -0.39 is 0 Å². The molecule has 1 N–H and O–H groups in total. The number of halogens is 1. The van der Waals surface area contributed by atoms with Gasteiger partial charge >= 0.3 is 0 Å². The number of amides is 1. The quantitative estimate of drug-likeness (QED) is 0.643. The van der Waals surface area contributed by atoms with E-state index in [1.54, 1.807) is 18.2 Å². The lowest BCUT2D eigenvalue weighted by atomic mass is 10.0. The van der Waals surface area contributed by atoms with Crippen LogP contribution in [0.2, 0.25) is 5.02 Å². The van der Waals surface area contributed by atoms with E-state index in [0.717, 1.165) is 0 Å². The molecule has 0 spiro atoms. The summed E-state index contributed by atoms with van der Waals surface area (Å²) in [6, 6.07) is 4.99. The van der Waals surface area contributed by atoms with Crippen molar-refractivity contribution in [2.75, 3.05) is 5.32 Å². The van der Waals surface area contributed by atoms with Crippen molar-refractivity contribution in [3.8, 4) is 0 Å². The second-order valence-corrected chi connectivity index (χ2v) is 3.22. The third-order valence-electron chi connectivity index (χ3n) is 1.89. The highest BCUT2D eigenvalue weighted by Gasteiger charge is 2.24. The minimum Gasteiger partial charge on any atom is -0.325 e. The summed E-state index contributed by atoms with van der Waals surface area (Å²) < 4.78 is 0. The molecule has 1 aliphatic heterocycles. The van der Waals surface area contributed by atoms with Gasteiger partial charge in [0.05, 0.1) is 22.7 Å². The fraction of sp³-hybridized carbons (Fsp3) is 0.111. The maximum absolute atomic E-state index is 11.4. The van der Waals surface area contributed by atoms with Crippen molar-refractivity contribution in [1.29, 1.82) is 0 Å². The van der Waals surface area contributed by atoms with Crippen LogP contribution in [0.15, 0.2) is 18.2 Å². The molecule has 0 saturated carbocycles. The molecule has 0 aromatic heterocycles. The van der Waals surface area contributed by atoms with Gasteiger partial charge in [0.2, 0.25) is 5.91 Å². The van der Waals surface area contributed by atoms with Crippen molar-refractivity contribution in [3.05, 3.63) is 28.8 Å². The second-order valence-electron chi connectivity index (χ2n) is 2.81. The Labute approximate surface area is 79.7 Å². The van der Waals surface area contributed by atoms with Gasteiger partial charge in [-0.3, -0.25) is 9.59 Å². The highest BCUT2D eigenvalue weighted by molar-refractivity contribution is 6.36. The van der Waals surface area contributed by atoms with E-state index in [1.165, 1.54) is 0 Å². The second kappa shape index (κ2) is 2.85. The molecule has 0 aliphatic carbocycles. The molecule has 66 valence electrons. The first-order valence-corrected chi connectivity index (χ1v) is 4.18. The van der Waals surface area contributed by atoms with Gasteiger partial charge in [0.25, 0.3) is 0 Å². The van der Waals surface area contributed by atoms with Crippen molar-refractivity contribution < 1.29 is 9.59 Å². The molecule has 1 amide bonds. The molecule has 0 bridgehead atoms. The zero-order valence-corrected chi connectivity index (χ0v) is 7.39. The van der Waals surface area contributed by atoms with Crippen LogP contribution in [0.25, 0.3) is 0 Å². The molecular formula is C9H6ClNO2. The Kier molecular flexibility index (Phi) is 1.81. The molecule has 1 aliphatic rings. The van der Waals surface area contributed by atoms with Crippen LogP contribution in [0.3, 0.4) is 0 Å². The van der Waals surface area contributed by atoms with Gasteiger partial charge in [0.15, 0.2) is 5.78 Å². The first-order chi connectivity index (χ1) is 6.18. The summed E-state index contributed by atoms with van der Waals surface area (Å²) in [5.41, 5.74) is 0.928. The average Bonchev–Trinajstić information content (AvgIpc) is 2.02. The van der Waals surface area contributed by atoms with Crippen LogP contribution in [-0.4, -0.2) is 11.7 Å². The molecule has 4 heteroatoms. The summed E-state index contributed by atoms with van der Waals surface area (Å²) in [5.74, 6) is -0.496. The molecule has 3 nitrogen and oxygen atoms in total. The predicted octanol–water partition coefficient (Wildman–Crippen LogP) is 1.86.